The smallest absolute Gasteiger partial charge is 0.253 e. The quantitative estimate of drug-likeness (QED) is 0.727. The van der Waals surface area contributed by atoms with Crippen LogP contribution in [0.5, 0.6) is 0 Å². The average molecular weight is 342 g/mol. The van der Waals surface area contributed by atoms with E-state index in [9.17, 15) is 9.18 Å². The summed E-state index contributed by atoms with van der Waals surface area (Å²) in [6.07, 6.45) is 5.24. The van der Waals surface area contributed by atoms with Crippen molar-refractivity contribution >= 4 is 16.8 Å². The topological polar surface area (TPSA) is 42.0 Å². The Bertz CT molecular complexity index is 794. The molecule has 0 spiro atoms. The van der Waals surface area contributed by atoms with Crippen molar-refractivity contribution in [3.63, 3.8) is 0 Å². The highest BCUT2D eigenvalue weighted by Gasteiger charge is 2.27. The lowest BCUT2D eigenvalue weighted by Gasteiger charge is -2.32. The minimum absolute atomic E-state index is 0.177. The monoisotopic (exact) mass is 342 g/mol. The predicted octanol–water partition coefficient (Wildman–Crippen LogP) is 5.26. The lowest BCUT2D eigenvalue weighted by molar-refractivity contribution is 0.0895. The number of hydrogen-bond donors (Lipinski definition) is 1. The molecule has 0 aliphatic carbocycles. The molecule has 1 heterocycles. The van der Waals surface area contributed by atoms with Crippen molar-refractivity contribution in [2.24, 2.45) is 5.92 Å². The molecular formula is C21H27FN2O. The largest absolute Gasteiger partial charge is 0.347 e. The van der Waals surface area contributed by atoms with Crippen LogP contribution < -0.4 is 5.32 Å². The van der Waals surface area contributed by atoms with Gasteiger partial charge in [0.25, 0.3) is 5.91 Å². The Balaban J connectivity index is 2.26. The first-order chi connectivity index (χ1) is 11.7. The normalized spacial score (nSPS) is 13.6. The molecule has 0 fully saturated rings. The summed E-state index contributed by atoms with van der Waals surface area (Å²) in [6.45, 7) is 10.5. The number of carbonyl (C=O) groups excluding carboxylic acids is 1. The van der Waals surface area contributed by atoms with E-state index in [0.717, 1.165) is 12.8 Å². The fraction of sp³-hybridized carbons (Fsp3) is 0.429. The van der Waals surface area contributed by atoms with Gasteiger partial charge in [-0.2, -0.15) is 0 Å². The van der Waals surface area contributed by atoms with Crippen molar-refractivity contribution in [3.8, 4) is 0 Å². The first kappa shape index (κ1) is 19.1. The highest BCUT2D eigenvalue weighted by Crippen LogP contribution is 2.23. The van der Waals surface area contributed by atoms with Crippen molar-refractivity contribution < 1.29 is 9.18 Å². The van der Waals surface area contributed by atoms with Crippen LogP contribution in [-0.2, 0) is 0 Å². The maximum atomic E-state index is 13.7. The fourth-order valence-electron chi connectivity index (χ4n) is 3.11. The van der Waals surface area contributed by atoms with Crippen molar-refractivity contribution in [1.29, 1.82) is 0 Å². The van der Waals surface area contributed by atoms with Crippen molar-refractivity contribution in [1.82, 2.24) is 10.3 Å². The summed E-state index contributed by atoms with van der Waals surface area (Å²) in [5.74, 6) is -0.0960. The number of nitrogens with zero attached hydrogens (tertiary/aromatic N) is 1. The molecule has 0 saturated carbocycles. The Labute approximate surface area is 149 Å². The number of aromatic nitrogens is 1. The Kier molecular flexibility index (Phi) is 5.93. The zero-order valence-electron chi connectivity index (χ0n) is 15.7. The van der Waals surface area contributed by atoms with Crippen molar-refractivity contribution in [2.45, 2.75) is 53.0 Å². The summed E-state index contributed by atoms with van der Waals surface area (Å²) in [7, 11) is 0. The van der Waals surface area contributed by atoms with Gasteiger partial charge < -0.3 is 5.32 Å². The average Bonchev–Trinajstić information content (AvgIpc) is 2.52. The van der Waals surface area contributed by atoms with Crippen LogP contribution in [-0.4, -0.2) is 16.4 Å². The highest BCUT2D eigenvalue weighted by molar-refractivity contribution is 5.97. The lowest BCUT2D eigenvalue weighted by Crippen LogP contribution is -2.46. The van der Waals surface area contributed by atoms with Crippen LogP contribution in [0, 0.1) is 11.7 Å². The second kappa shape index (κ2) is 7.77. The van der Waals surface area contributed by atoms with Gasteiger partial charge in [0.1, 0.15) is 11.3 Å². The van der Waals surface area contributed by atoms with Gasteiger partial charge in [-0.15, -0.1) is 0 Å². The number of carbonyl (C=O) groups is 1. The molecular weight excluding hydrogens is 315 g/mol. The molecule has 0 aliphatic rings. The Morgan fingerprint density at radius 2 is 2.08 bits per heavy atom. The molecule has 0 aliphatic heterocycles. The molecule has 4 heteroatoms. The van der Waals surface area contributed by atoms with Crippen LogP contribution in [0.2, 0.25) is 0 Å². The molecule has 0 radical (unpaired) electrons. The van der Waals surface area contributed by atoms with E-state index in [1.54, 1.807) is 18.2 Å². The van der Waals surface area contributed by atoms with E-state index in [2.05, 4.69) is 51.0 Å². The fourth-order valence-corrected chi connectivity index (χ4v) is 3.11. The number of amides is 1. The Hall–Kier alpha value is -2.23. The van der Waals surface area contributed by atoms with Gasteiger partial charge in [0.05, 0.1) is 5.56 Å². The summed E-state index contributed by atoms with van der Waals surface area (Å²) in [5.41, 5.74) is 1.63. The van der Waals surface area contributed by atoms with E-state index in [0.29, 0.717) is 16.9 Å². The van der Waals surface area contributed by atoms with Crippen LogP contribution in [0.1, 0.15) is 57.8 Å². The van der Waals surface area contributed by atoms with E-state index in [1.165, 1.54) is 17.8 Å². The first-order valence-corrected chi connectivity index (χ1v) is 8.70. The van der Waals surface area contributed by atoms with Gasteiger partial charge in [-0.05, 0) is 51.7 Å². The van der Waals surface area contributed by atoms with Gasteiger partial charge in [0.2, 0.25) is 0 Å². The number of rotatable bonds is 6. The van der Waals surface area contributed by atoms with E-state index >= 15 is 0 Å². The number of nitrogens with one attached hydrogen (secondary N) is 1. The number of fused-ring (bicyclic) bond motifs is 1. The summed E-state index contributed by atoms with van der Waals surface area (Å²) < 4.78 is 13.7. The molecule has 0 saturated heterocycles. The lowest BCUT2D eigenvalue weighted by atomic mass is 9.86. The predicted molar refractivity (Wildman–Crippen MR) is 101 cm³/mol. The summed E-state index contributed by atoms with van der Waals surface area (Å²) in [6, 6.07) is 6.45. The summed E-state index contributed by atoms with van der Waals surface area (Å²) in [4.78, 5) is 16.9. The number of pyridine rings is 1. The molecule has 2 aromatic rings. The maximum absolute atomic E-state index is 13.7. The number of allylic oxidation sites excluding steroid dienone is 1. The minimum atomic E-state index is -0.377. The number of para-hydroxylation sites is 1. The van der Waals surface area contributed by atoms with Crippen LogP contribution in [0.25, 0.3) is 10.9 Å². The maximum Gasteiger partial charge on any atom is 0.253 e. The number of halogens is 1. The Morgan fingerprint density at radius 3 is 2.72 bits per heavy atom. The van der Waals surface area contributed by atoms with Crippen LogP contribution in [0.4, 0.5) is 4.39 Å². The van der Waals surface area contributed by atoms with Gasteiger partial charge in [-0.25, -0.2) is 4.39 Å². The molecule has 2 rings (SSSR count). The number of benzene rings is 1. The second-order valence-corrected chi connectivity index (χ2v) is 7.63. The minimum Gasteiger partial charge on any atom is -0.347 e. The molecule has 1 aromatic heterocycles. The van der Waals surface area contributed by atoms with Gasteiger partial charge >= 0.3 is 0 Å². The molecule has 1 atom stereocenters. The molecule has 1 unspecified atom stereocenters. The van der Waals surface area contributed by atoms with Crippen molar-refractivity contribution in [2.75, 3.05) is 0 Å². The van der Waals surface area contributed by atoms with Gasteiger partial charge in [0, 0.05) is 17.1 Å². The zero-order chi connectivity index (χ0) is 18.6. The second-order valence-electron chi connectivity index (χ2n) is 7.63. The standard InChI is InChI=1S/C21H27FN2O/c1-14(2)9-10-21(5,12-15(3)4)24-20(25)17-11-16-7-6-8-18(22)19(16)23-13-17/h6-9,11,13,15H,10,12H2,1-5H3,(H,24,25). The number of hydrogen-bond acceptors (Lipinski definition) is 2. The third-order valence-corrected chi connectivity index (χ3v) is 4.16. The van der Waals surface area contributed by atoms with Crippen LogP contribution in [0.15, 0.2) is 42.1 Å². The van der Waals surface area contributed by atoms with Crippen LogP contribution >= 0.6 is 0 Å². The third kappa shape index (κ3) is 5.12. The molecule has 1 aromatic carbocycles. The van der Waals surface area contributed by atoms with Gasteiger partial charge in [0.15, 0.2) is 0 Å². The molecule has 134 valence electrons. The van der Waals surface area contributed by atoms with Crippen molar-refractivity contribution in [3.05, 3.63) is 53.5 Å². The van der Waals surface area contributed by atoms with E-state index in [-0.39, 0.29) is 22.8 Å². The zero-order valence-corrected chi connectivity index (χ0v) is 15.7. The molecule has 3 nitrogen and oxygen atoms in total. The molecule has 1 amide bonds. The molecule has 1 N–H and O–H groups in total. The Morgan fingerprint density at radius 1 is 1.36 bits per heavy atom. The SMILES string of the molecule is CC(C)=CCC(C)(CC(C)C)NC(=O)c1cnc2c(F)cccc2c1. The first-order valence-electron chi connectivity index (χ1n) is 8.70. The highest BCUT2D eigenvalue weighted by atomic mass is 19.1. The van der Waals surface area contributed by atoms with E-state index < -0.39 is 0 Å². The van der Waals surface area contributed by atoms with Gasteiger partial charge in [-0.1, -0.05) is 37.6 Å². The van der Waals surface area contributed by atoms with Gasteiger partial charge in [-0.3, -0.25) is 9.78 Å². The summed E-state index contributed by atoms with van der Waals surface area (Å²) >= 11 is 0. The summed E-state index contributed by atoms with van der Waals surface area (Å²) in [5, 5.41) is 3.79. The molecule has 25 heavy (non-hydrogen) atoms. The van der Waals surface area contributed by atoms with E-state index in [4.69, 9.17) is 0 Å². The van der Waals surface area contributed by atoms with Crippen LogP contribution in [0.3, 0.4) is 0 Å². The third-order valence-electron chi connectivity index (χ3n) is 4.16. The van der Waals surface area contributed by atoms with E-state index in [1.807, 2.05) is 0 Å². The molecule has 0 bridgehead atoms.